The summed E-state index contributed by atoms with van der Waals surface area (Å²) in [6, 6.07) is 5.61. The summed E-state index contributed by atoms with van der Waals surface area (Å²) in [5, 5.41) is 0. The molecule has 0 fully saturated rings. The van der Waals surface area contributed by atoms with Crippen molar-refractivity contribution in [2.75, 3.05) is 6.73 Å². The lowest BCUT2D eigenvalue weighted by atomic mass is 10.1. The quantitative estimate of drug-likeness (QED) is 0.338. The van der Waals surface area contributed by atoms with Crippen LogP contribution in [-0.4, -0.2) is 17.5 Å². The van der Waals surface area contributed by atoms with Gasteiger partial charge in [-0.15, -0.1) is 0 Å². The highest BCUT2D eigenvalue weighted by Crippen LogP contribution is 2.30. The molecular formula is C15H10F4NO+. The van der Waals surface area contributed by atoms with Gasteiger partial charge >= 0.3 is 0 Å². The minimum Gasteiger partial charge on any atom is -0.435 e. The fourth-order valence-electron chi connectivity index (χ4n) is 2.26. The van der Waals surface area contributed by atoms with Crippen molar-refractivity contribution in [2.45, 2.75) is 6.92 Å². The van der Waals surface area contributed by atoms with Gasteiger partial charge in [0.1, 0.15) is 5.75 Å². The van der Waals surface area contributed by atoms with Crippen molar-refractivity contribution in [3.63, 3.8) is 0 Å². The summed E-state index contributed by atoms with van der Waals surface area (Å²) in [7, 11) is 0. The first-order valence-corrected chi connectivity index (χ1v) is 6.16. The number of hydrogen-bond donors (Lipinski definition) is 0. The molecule has 0 aliphatic carbocycles. The zero-order valence-corrected chi connectivity index (χ0v) is 11.0. The van der Waals surface area contributed by atoms with Gasteiger partial charge in [0.2, 0.25) is 17.5 Å². The Hall–Kier alpha value is -2.37. The van der Waals surface area contributed by atoms with Gasteiger partial charge < -0.3 is 4.74 Å². The van der Waals surface area contributed by atoms with Crippen LogP contribution in [0.2, 0.25) is 0 Å². The van der Waals surface area contributed by atoms with E-state index in [1.165, 1.54) is 6.21 Å². The Morgan fingerprint density at radius 3 is 2.57 bits per heavy atom. The van der Waals surface area contributed by atoms with Gasteiger partial charge in [0, 0.05) is 6.07 Å². The molecule has 108 valence electrons. The second kappa shape index (κ2) is 4.87. The molecule has 1 aliphatic rings. The Balaban J connectivity index is 2.17. The first-order valence-electron chi connectivity index (χ1n) is 6.16. The van der Waals surface area contributed by atoms with Gasteiger partial charge in [-0.1, -0.05) is 12.1 Å². The van der Waals surface area contributed by atoms with Gasteiger partial charge in [-0.3, -0.25) is 0 Å². The van der Waals surface area contributed by atoms with E-state index in [2.05, 4.69) is 0 Å². The summed E-state index contributed by atoms with van der Waals surface area (Å²) in [4.78, 5) is 0. The fraction of sp³-hybridized carbons (Fsp3) is 0.133. The van der Waals surface area contributed by atoms with Gasteiger partial charge in [0.05, 0.1) is 5.56 Å². The molecule has 6 heteroatoms. The number of halogens is 4. The minimum absolute atomic E-state index is 0.198. The first-order chi connectivity index (χ1) is 9.99. The van der Waals surface area contributed by atoms with Crippen molar-refractivity contribution >= 4 is 11.9 Å². The number of fused-ring (bicyclic) bond motifs is 1. The Kier molecular flexibility index (Phi) is 3.16. The Morgan fingerprint density at radius 1 is 1.05 bits per heavy atom. The third-order valence-electron chi connectivity index (χ3n) is 3.26. The SMILES string of the molecule is Cc1cccc2c1OC[N+](c1c(F)cc(F)c(F)c1F)=C2. The number of benzene rings is 2. The van der Waals surface area contributed by atoms with Crippen LogP contribution in [0.25, 0.3) is 0 Å². The molecule has 0 radical (unpaired) electrons. The maximum Gasteiger partial charge on any atom is 0.292 e. The van der Waals surface area contributed by atoms with Gasteiger partial charge in [0.25, 0.3) is 12.4 Å². The zero-order chi connectivity index (χ0) is 15.1. The van der Waals surface area contributed by atoms with Crippen LogP contribution >= 0.6 is 0 Å². The van der Waals surface area contributed by atoms with Gasteiger partial charge in [-0.25, -0.2) is 8.78 Å². The smallest absolute Gasteiger partial charge is 0.292 e. The lowest BCUT2D eigenvalue weighted by Crippen LogP contribution is -2.23. The van der Waals surface area contributed by atoms with Gasteiger partial charge in [-0.2, -0.15) is 13.4 Å². The van der Waals surface area contributed by atoms with E-state index in [9.17, 15) is 17.6 Å². The predicted octanol–water partition coefficient (Wildman–Crippen LogP) is 3.66. The molecule has 2 aromatic carbocycles. The highest BCUT2D eigenvalue weighted by molar-refractivity contribution is 5.82. The van der Waals surface area contributed by atoms with Crippen LogP contribution in [0.15, 0.2) is 24.3 Å². The van der Waals surface area contributed by atoms with Crippen LogP contribution in [0.4, 0.5) is 23.2 Å². The van der Waals surface area contributed by atoms with Crippen molar-refractivity contribution in [2.24, 2.45) is 0 Å². The van der Waals surface area contributed by atoms with Crippen molar-refractivity contribution in [1.29, 1.82) is 0 Å². The molecule has 1 aliphatic heterocycles. The summed E-state index contributed by atoms with van der Waals surface area (Å²) in [5.74, 6) is -5.46. The molecule has 0 atom stereocenters. The molecule has 0 unspecified atom stereocenters. The van der Waals surface area contributed by atoms with E-state index >= 15 is 0 Å². The average Bonchev–Trinajstić information content (AvgIpc) is 2.45. The average molecular weight is 296 g/mol. The van der Waals surface area contributed by atoms with Crippen LogP contribution in [-0.2, 0) is 0 Å². The number of ether oxygens (including phenoxy) is 1. The maximum absolute atomic E-state index is 13.8. The molecule has 1 heterocycles. The first kappa shape index (κ1) is 13.6. The molecule has 0 saturated heterocycles. The second-order valence-corrected chi connectivity index (χ2v) is 4.68. The summed E-state index contributed by atoms with van der Waals surface area (Å²) >= 11 is 0. The van der Waals surface area contributed by atoms with Gasteiger partial charge in [-0.05, 0) is 18.6 Å². The van der Waals surface area contributed by atoms with Crippen molar-refractivity contribution in [1.82, 2.24) is 0 Å². The van der Waals surface area contributed by atoms with E-state index in [-0.39, 0.29) is 6.73 Å². The van der Waals surface area contributed by atoms with Crippen molar-refractivity contribution in [3.8, 4) is 5.75 Å². The summed E-state index contributed by atoms with van der Waals surface area (Å²) < 4.78 is 60.3. The summed E-state index contributed by atoms with van der Waals surface area (Å²) in [6.45, 7) is 1.64. The highest BCUT2D eigenvalue weighted by Gasteiger charge is 2.30. The van der Waals surface area contributed by atoms with Crippen molar-refractivity contribution in [3.05, 3.63) is 58.7 Å². The Morgan fingerprint density at radius 2 is 1.81 bits per heavy atom. The van der Waals surface area contributed by atoms with Gasteiger partial charge in [0.15, 0.2) is 12.0 Å². The molecule has 0 saturated carbocycles. The van der Waals surface area contributed by atoms with E-state index in [0.717, 1.165) is 10.1 Å². The van der Waals surface area contributed by atoms with Crippen LogP contribution in [0.1, 0.15) is 11.1 Å². The number of aryl methyl sites for hydroxylation is 1. The lowest BCUT2D eigenvalue weighted by molar-refractivity contribution is -0.480. The zero-order valence-electron chi connectivity index (χ0n) is 11.0. The van der Waals surface area contributed by atoms with E-state index in [4.69, 9.17) is 4.74 Å². The third-order valence-corrected chi connectivity index (χ3v) is 3.26. The molecule has 0 bridgehead atoms. The number of hydrogen-bond acceptors (Lipinski definition) is 1. The molecule has 0 amide bonds. The topological polar surface area (TPSA) is 12.2 Å². The fourth-order valence-corrected chi connectivity index (χ4v) is 2.26. The third kappa shape index (κ3) is 2.16. The molecule has 21 heavy (non-hydrogen) atoms. The molecular weight excluding hydrogens is 286 g/mol. The molecule has 0 spiro atoms. The second-order valence-electron chi connectivity index (χ2n) is 4.68. The number of rotatable bonds is 1. The van der Waals surface area contributed by atoms with Crippen LogP contribution in [0.3, 0.4) is 0 Å². The maximum atomic E-state index is 13.8. The molecule has 0 N–H and O–H groups in total. The minimum atomic E-state index is -1.71. The Labute approximate surface area is 117 Å². The van der Waals surface area contributed by atoms with Crippen LogP contribution in [0, 0.1) is 30.2 Å². The van der Waals surface area contributed by atoms with E-state index < -0.39 is 29.0 Å². The monoisotopic (exact) mass is 296 g/mol. The Bertz CT molecular complexity index is 771. The standard InChI is InChI=1S/C15H10F4NO/c1-8-3-2-4-9-6-20(7-21-15(8)9)14-11(17)5-10(16)12(18)13(14)19/h2-6H,7H2,1H3/q+1. The van der Waals surface area contributed by atoms with Crippen LogP contribution in [0.5, 0.6) is 5.75 Å². The van der Waals surface area contributed by atoms with Crippen LogP contribution < -0.4 is 4.74 Å². The molecule has 2 aromatic rings. The molecule has 3 rings (SSSR count). The lowest BCUT2D eigenvalue weighted by Gasteiger charge is -2.15. The van der Waals surface area contributed by atoms with E-state index in [1.54, 1.807) is 12.1 Å². The molecule has 2 nitrogen and oxygen atoms in total. The normalized spacial score (nSPS) is 13.5. The van der Waals surface area contributed by atoms with Crippen molar-refractivity contribution < 1.29 is 26.9 Å². The highest BCUT2D eigenvalue weighted by atomic mass is 19.2. The predicted molar refractivity (Wildman–Crippen MR) is 68.0 cm³/mol. The van der Waals surface area contributed by atoms with E-state index in [0.29, 0.717) is 17.4 Å². The molecule has 0 aromatic heterocycles. The largest absolute Gasteiger partial charge is 0.435 e. The summed E-state index contributed by atoms with van der Waals surface area (Å²) in [6.07, 6.45) is 1.44. The summed E-state index contributed by atoms with van der Waals surface area (Å²) in [5.41, 5.74) is 0.792. The van der Waals surface area contributed by atoms with E-state index in [1.807, 2.05) is 13.0 Å². The number of nitrogens with zero attached hydrogens (tertiary/aromatic N) is 1. The number of para-hydroxylation sites is 1.